The number of carbonyl (C=O) groups excluding carboxylic acids is 2. The smallest absolute Gasteiger partial charge is 0.343 e. The van der Waals surface area contributed by atoms with E-state index in [2.05, 4.69) is 25.3 Å². The Labute approximate surface area is 111 Å². The molecule has 0 aromatic carbocycles. The molecule has 0 atom stereocenters. The molecule has 0 aliphatic carbocycles. The third kappa shape index (κ3) is 4.90. The van der Waals surface area contributed by atoms with E-state index in [1.54, 1.807) is 0 Å². The summed E-state index contributed by atoms with van der Waals surface area (Å²) in [5.74, 6) is -0.188. The zero-order chi connectivity index (χ0) is 14.1. The first-order chi connectivity index (χ1) is 9.19. The van der Waals surface area contributed by atoms with Crippen LogP contribution in [0.5, 0.6) is 0 Å². The van der Waals surface area contributed by atoms with E-state index in [1.807, 2.05) is 6.92 Å². The van der Waals surface area contributed by atoms with Gasteiger partial charge in [-0.25, -0.2) is 14.8 Å². The van der Waals surface area contributed by atoms with Gasteiger partial charge in [0.2, 0.25) is 5.91 Å². The van der Waals surface area contributed by atoms with Crippen LogP contribution in [-0.2, 0) is 9.53 Å². The largest absolute Gasteiger partial charge is 0.465 e. The summed E-state index contributed by atoms with van der Waals surface area (Å²) in [5.41, 5.74) is 0.249. The molecular weight excluding hydrogens is 248 g/mol. The Kier molecular flexibility index (Phi) is 6.28. The third-order valence-electron chi connectivity index (χ3n) is 2.33. The molecule has 0 spiro atoms. The number of esters is 1. The molecule has 0 bridgehead atoms. The second-order valence-corrected chi connectivity index (χ2v) is 3.80. The lowest BCUT2D eigenvalue weighted by Gasteiger charge is -2.08. The molecule has 0 saturated carbocycles. The molecular formula is C12H18N4O3. The highest BCUT2D eigenvalue weighted by Gasteiger charge is 2.13. The van der Waals surface area contributed by atoms with Crippen molar-refractivity contribution in [1.29, 1.82) is 0 Å². The predicted molar refractivity (Wildman–Crippen MR) is 69.8 cm³/mol. The van der Waals surface area contributed by atoms with Crippen molar-refractivity contribution in [2.24, 2.45) is 0 Å². The molecule has 0 unspecified atom stereocenters. The van der Waals surface area contributed by atoms with Crippen LogP contribution in [0.2, 0.25) is 0 Å². The summed E-state index contributed by atoms with van der Waals surface area (Å²) in [6.07, 6.45) is 3.91. The lowest BCUT2D eigenvalue weighted by atomic mass is 10.3. The van der Waals surface area contributed by atoms with E-state index < -0.39 is 5.97 Å². The Balaban J connectivity index is 2.49. The van der Waals surface area contributed by atoms with Gasteiger partial charge in [0.05, 0.1) is 7.11 Å². The second kappa shape index (κ2) is 8.02. The van der Waals surface area contributed by atoms with Crippen LogP contribution in [0, 0.1) is 0 Å². The molecule has 0 aliphatic heterocycles. The van der Waals surface area contributed by atoms with Gasteiger partial charge in [0.15, 0.2) is 0 Å². The molecule has 0 aliphatic rings. The summed E-state index contributed by atoms with van der Waals surface area (Å²) in [6.45, 7) is 3.04. The Hall–Kier alpha value is -2.18. The Bertz CT molecular complexity index is 437. The van der Waals surface area contributed by atoms with Gasteiger partial charge in [-0.15, -0.1) is 0 Å². The summed E-state index contributed by atoms with van der Waals surface area (Å²) >= 11 is 0. The topological polar surface area (TPSA) is 93.2 Å². The molecule has 7 nitrogen and oxygen atoms in total. The van der Waals surface area contributed by atoms with Crippen LogP contribution in [0.15, 0.2) is 12.5 Å². The van der Waals surface area contributed by atoms with Crippen molar-refractivity contribution in [3.05, 3.63) is 18.1 Å². The molecule has 1 amide bonds. The second-order valence-electron chi connectivity index (χ2n) is 3.80. The quantitative estimate of drug-likeness (QED) is 0.702. The normalized spacial score (nSPS) is 9.79. The molecule has 104 valence electrons. The molecule has 1 heterocycles. The standard InChI is InChI=1S/C12H18N4O3/c1-3-5-14-10(17)4-6-15-11-9(12(18)19-2)7-13-8-16-11/h7-8H,3-6H2,1-2H3,(H,14,17)(H,13,15,16). The predicted octanol–water partition coefficient (Wildman–Crippen LogP) is 0.591. The first-order valence-corrected chi connectivity index (χ1v) is 6.08. The molecule has 7 heteroatoms. The Morgan fingerprint density at radius 1 is 1.37 bits per heavy atom. The number of nitrogens with zero attached hydrogens (tertiary/aromatic N) is 2. The van der Waals surface area contributed by atoms with Crippen LogP contribution < -0.4 is 10.6 Å². The van der Waals surface area contributed by atoms with Gasteiger partial charge in [0.1, 0.15) is 17.7 Å². The fraction of sp³-hybridized carbons (Fsp3) is 0.500. The number of nitrogens with one attached hydrogen (secondary N) is 2. The SMILES string of the molecule is CCCNC(=O)CCNc1ncncc1C(=O)OC. The van der Waals surface area contributed by atoms with E-state index >= 15 is 0 Å². The summed E-state index contributed by atoms with van der Waals surface area (Å²) in [4.78, 5) is 30.6. The van der Waals surface area contributed by atoms with Gasteiger partial charge in [0.25, 0.3) is 0 Å². The molecule has 0 radical (unpaired) electrons. The monoisotopic (exact) mass is 266 g/mol. The maximum Gasteiger partial charge on any atom is 0.343 e. The fourth-order valence-corrected chi connectivity index (χ4v) is 1.38. The summed E-state index contributed by atoms with van der Waals surface area (Å²) in [7, 11) is 1.29. The first kappa shape index (κ1) is 14.9. The summed E-state index contributed by atoms with van der Waals surface area (Å²) in [6, 6.07) is 0. The number of ether oxygens (including phenoxy) is 1. The lowest BCUT2D eigenvalue weighted by Crippen LogP contribution is -2.26. The molecule has 1 aromatic rings. The maximum absolute atomic E-state index is 11.5. The molecule has 0 fully saturated rings. The highest BCUT2D eigenvalue weighted by atomic mass is 16.5. The van der Waals surface area contributed by atoms with Gasteiger partial charge >= 0.3 is 5.97 Å². The molecule has 0 saturated heterocycles. The number of amides is 1. The van der Waals surface area contributed by atoms with E-state index in [4.69, 9.17) is 0 Å². The van der Waals surface area contributed by atoms with E-state index in [9.17, 15) is 9.59 Å². The van der Waals surface area contributed by atoms with Crippen molar-refractivity contribution < 1.29 is 14.3 Å². The van der Waals surface area contributed by atoms with Gasteiger partial charge in [-0.2, -0.15) is 0 Å². The van der Waals surface area contributed by atoms with Crippen LogP contribution >= 0.6 is 0 Å². The number of rotatable bonds is 7. The molecule has 2 N–H and O–H groups in total. The number of anilines is 1. The number of aromatic nitrogens is 2. The minimum absolute atomic E-state index is 0.0389. The van der Waals surface area contributed by atoms with Gasteiger partial charge in [0, 0.05) is 25.7 Å². The first-order valence-electron chi connectivity index (χ1n) is 6.08. The maximum atomic E-state index is 11.5. The molecule has 1 rings (SSSR count). The molecule has 19 heavy (non-hydrogen) atoms. The number of hydrogen-bond donors (Lipinski definition) is 2. The van der Waals surface area contributed by atoms with Gasteiger partial charge < -0.3 is 15.4 Å². The average molecular weight is 266 g/mol. The van der Waals surface area contributed by atoms with Crippen LogP contribution in [0.4, 0.5) is 5.82 Å². The number of methoxy groups -OCH3 is 1. The van der Waals surface area contributed by atoms with Crippen molar-refractivity contribution in [3.8, 4) is 0 Å². The summed E-state index contributed by atoms with van der Waals surface area (Å²) in [5, 5.41) is 5.69. The van der Waals surface area contributed by atoms with Crippen LogP contribution in [0.1, 0.15) is 30.1 Å². The van der Waals surface area contributed by atoms with Crippen LogP contribution in [0.25, 0.3) is 0 Å². The van der Waals surface area contributed by atoms with E-state index in [-0.39, 0.29) is 11.5 Å². The van der Waals surface area contributed by atoms with Crippen LogP contribution in [0.3, 0.4) is 0 Å². The number of hydrogen-bond acceptors (Lipinski definition) is 6. The number of carbonyl (C=O) groups is 2. The third-order valence-corrected chi connectivity index (χ3v) is 2.33. The van der Waals surface area contributed by atoms with E-state index in [1.165, 1.54) is 19.6 Å². The van der Waals surface area contributed by atoms with Gasteiger partial charge in [-0.3, -0.25) is 4.79 Å². The van der Waals surface area contributed by atoms with E-state index in [0.29, 0.717) is 25.3 Å². The van der Waals surface area contributed by atoms with E-state index in [0.717, 1.165) is 6.42 Å². The highest BCUT2D eigenvalue weighted by Crippen LogP contribution is 2.10. The van der Waals surface area contributed by atoms with Crippen molar-refractivity contribution in [2.45, 2.75) is 19.8 Å². The Morgan fingerprint density at radius 3 is 2.84 bits per heavy atom. The van der Waals surface area contributed by atoms with Crippen LogP contribution in [-0.4, -0.2) is 42.0 Å². The fourth-order valence-electron chi connectivity index (χ4n) is 1.38. The van der Waals surface area contributed by atoms with Crippen molar-refractivity contribution in [2.75, 3.05) is 25.5 Å². The van der Waals surface area contributed by atoms with Crippen molar-refractivity contribution in [1.82, 2.24) is 15.3 Å². The average Bonchev–Trinajstić information content (AvgIpc) is 2.44. The Morgan fingerprint density at radius 2 is 2.16 bits per heavy atom. The zero-order valence-electron chi connectivity index (χ0n) is 11.1. The van der Waals surface area contributed by atoms with Crippen molar-refractivity contribution >= 4 is 17.7 Å². The lowest BCUT2D eigenvalue weighted by molar-refractivity contribution is -0.120. The highest BCUT2D eigenvalue weighted by molar-refractivity contribution is 5.94. The minimum atomic E-state index is -0.515. The molecule has 1 aromatic heterocycles. The summed E-state index contributed by atoms with van der Waals surface area (Å²) < 4.78 is 4.62. The van der Waals surface area contributed by atoms with Crippen molar-refractivity contribution in [3.63, 3.8) is 0 Å². The zero-order valence-corrected chi connectivity index (χ0v) is 11.1. The van der Waals surface area contributed by atoms with Gasteiger partial charge in [-0.1, -0.05) is 6.92 Å². The van der Waals surface area contributed by atoms with Gasteiger partial charge in [-0.05, 0) is 6.42 Å². The minimum Gasteiger partial charge on any atom is -0.465 e.